The van der Waals surface area contributed by atoms with Crippen molar-refractivity contribution in [1.29, 1.82) is 0 Å². The van der Waals surface area contributed by atoms with Gasteiger partial charge in [0.1, 0.15) is 5.82 Å². The minimum absolute atomic E-state index is 0.142. The third-order valence-electron chi connectivity index (χ3n) is 3.67. The van der Waals surface area contributed by atoms with E-state index in [-0.39, 0.29) is 5.82 Å². The molecule has 0 atom stereocenters. The summed E-state index contributed by atoms with van der Waals surface area (Å²) in [5.74, 6) is -0.142. The molecule has 0 amide bonds. The van der Waals surface area contributed by atoms with Crippen LogP contribution in [0.5, 0.6) is 0 Å². The van der Waals surface area contributed by atoms with Crippen LogP contribution in [0.1, 0.15) is 31.4 Å². The van der Waals surface area contributed by atoms with Gasteiger partial charge in [-0.3, -0.25) is 4.99 Å². The molecule has 2 rings (SSSR count). The van der Waals surface area contributed by atoms with Gasteiger partial charge in [0, 0.05) is 11.9 Å². The monoisotopic (exact) mass is 310 g/mol. The number of benzene rings is 2. The van der Waals surface area contributed by atoms with Gasteiger partial charge in [-0.05, 0) is 60.7 Å². The van der Waals surface area contributed by atoms with Gasteiger partial charge in [-0.2, -0.15) is 0 Å². The number of hydrogen-bond donors (Lipinski definition) is 1. The number of halogens is 1. The second-order valence-corrected chi connectivity index (χ2v) is 5.75. The SMILES string of the molecule is CCCc1ccc(-c2ccc(C)c(N=CC=C(C)N)c2)cc1F. The lowest BCUT2D eigenvalue weighted by atomic mass is 10.00. The molecule has 0 bridgehead atoms. The molecule has 0 saturated heterocycles. The van der Waals surface area contributed by atoms with E-state index in [1.807, 2.05) is 44.2 Å². The molecule has 3 heteroatoms. The van der Waals surface area contributed by atoms with Crippen LogP contribution in [0.25, 0.3) is 11.1 Å². The first-order valence-corrected chi connectivity index (χ1v) is 7.87. The Morgan fingerprint density at radius 3 is 2.52 bits per heavy atom. The minimum atomic E-state index is -0.142. The highest BCUT2D eigenvalue weighted by Gasteiger charge is 2.06. The van der Waals surface area contributed by atoms with Gasteiger partial charge in [0.05, 0.1) is 5.69 Å². The molecule has 0 radical (unpaired) electrons. The van der Waals surface area contributed by atoms with Crippen molar-refractivity contribution in [3.8, 4) is 11.1 Å². The Kier molecular flexibility index (Phi) is 5.69. The molecule has 2 nitrogen and oxygen atoms in total. The topological polar surface area (TPSA) is 38.4 Å². The zero-order chi connectivity index (χ0) is 16.8. The van der Waals surface area contributed by atoms with E-state index in [2.05, 4.69) is 11.9 Å². The quantitative estimate of drug-likeness (QED) is 0.746. The number of hydrogen-bond acceptors (Lipinski definition) is 2. The van der Waals surface area contributed by atoms with Crippen molar-refractivity contribution in [1.82, 2.24) is 0 Å². The Bertz CT molecular complexity index is 741. The molecule has 120 valence electrons. The van der Waals surface area contributed by atoms with Crippen LogP contribution >= 0.6 is 0 Å². The van der Waals surface area contributed by atoms with Gasteiger partial charge >= 0.3 is 0 Å². The largest absolute Gasteiger partial charge is 0.402 e. The van der Waals surface area contributed by atoms with Crippen molar-refractivity contribution in [3.05, 3.63) is 65.1 Å². The average Bonchev–Trinajstić information content (AvgIpc) is 2.51. The van der Waals surface area contributed by atoms with Gasteiger partial charge in [-0.15, -0.1) is 0 Å². The summed E-state index contributed by atoms with van der Waals surface area (Å²) in [5, 5.41) is 0. The average molecular weight is 310 g/mol. The number of allylic oxidation sites excluding steroid dienone is 2. The molecule has 0 unspecified atom stereocenters. The first kappa shape index (κ1) is 16.9. The normalized spacial score (nSPS) is 12.1. The van der Waals surface area contributed by atoms with Crippen LogP contribution < -0.4 is 5.73 Å². The maximum Gasteiger partial charge on any atom is 0.127 e. The molecule has 0 fully saturated rings. The van der Waals surface area contributed by atoms with Crippen LogP contribution in [-0.4, -0.2) is 6.21 Å². The van der Waals surface area contributed by atoms with Crippen LogP contribution in [-0.2, 0) is 6.42 Å². The van der Waals surface area contributed by atoms with E-state index in [1.165, 1.54) is 0 Å². The number of nitrogens with two attached hydrogens (primary N) is 1. The third kappa shape index (κ3) is 4.52. The van der Waals surface area contributed by atoms with Gasteiger partial charge in [0.15, 0.2) is 0 Å². The van der Waals surface area contributed by atoms with Crippen LogP contribution in [0, 0.1) is 12.7 Å². The van der Waals surface area contributed by atoms with E-state index in [4.69, 9.17) is 5.73 Å². The smallest absolute Gasteiger partial charge is 0.127 e. The molecule has 0 spiro atoms. The number of rotatable bonds is 5. The molecule has 0 aliphatic carbocycles. The summed E-state index contributed by atoms with van der Waals surface area (Å²) in [5.41, 5.74) is 10.8. The molecule has 0 heterocycles. The minimum Gasteiger partial charge on any atom is -0.402 e. The first-order chi connectivity index (χ1) is 11.0. The van der Waals surface area contributed by atoms with Gasteiger partial charge in [-0.1, -0.05) is 37.6 Å². The number of aliphatic imine (C=N–C) groups is 1. The third-order valence-corrected chi connectivity index (χ3v) is 3.67. The standard InChI is InChI=1S/C20H23FN2/c1-4-5-16-8-9-17(12-19(16)21)18-7-6-14(2)20(13-18)23-11-10-15(3)22/h6-13H,4-5,22H2,1-3H3. The predicted octanol–water partition coefficient (Wildman–Crippen LogP) is 5.32. The van der Waals surface area contributed by atoms with Crippen molar-refractivity contribution in [2.75, 3.05) is 0 Å². The van der Waals surface area contributed by atoms with Gasteiger partial charge < -0.3 is 5.73 Å². The summed E-state index contributed by atoms with van der Waals surface area (Å²) in [6, 6.07) is 11.4. The number of nitrogens with zero attached hydrogens (tertiary/aromatic N) is 1. The zero-order valence-corrected chi connectivity index (χ0v) is 13.9. The molecular weight excluding hydrogens is 287 g/mol. The predicted molar refractivity (Wildman–Crippen MR) is 96.7 cm³/mol. The lowest BCUT2D eigenvalue weighted by Gasteiger charge is -2.08. The van der Waals surface area contributed by atoms with Crippen molar-refractivity contribution in [3.63, 3.8) is 0 Å². The molecule has 0 saturated carbocycles. The Hall–Kier alpha value is -2.42. The van der Waals surface area contributed by atoms with Gasteiger partial charge in [0.25, 0.3) is 0 Å². The molecule has 0 aliphatic rings. The number of aryl methyl sites for hydroxylation is 2. The highest BCUT2D eigenvalue weighted by molar-refractivity contribution is 5.77. The highest BCUT2D eigenvalue weighted by Crippen LogP contribution is 2.28. The Morgan fingerprint density at radius 1 is 1.17 bits per heavy atom. The van der Waals surface area contributed by atoms with E-state index in [1.54, 1.807) is 18.4 Å². The summed E-state index contributed by atoms with van der Waals surface area (Å²) < 4.78 is 14.1. The van der Waals surface area contributed by atoms with Crippen LogP contribution in [0.4, 0.5) is 10.1 Å². The maximum atomic E-state index is 14.1. The van der Waals surface area contributed by atoms with Crippen LogP contribution in [0.15, 0.2) is 53.2 Å². The van der Waals surface area contributed by atoms with E-state index >= 15 is 0 Å². The molecule has 0 aromatic heterocycles. The molecule has 0 aliphatic heterocycles. The Labute approximate surface area is 137 Å². The first-order valence-electron chi connectivity index (χ1n) is 7.87. The van der Waals surface area contributed by atoms with Crippen LogP contribution in [0.2, 0.25) is 0 Å². The van der Waals surface area contributed by atoms with E-state index in [0.717, 1.165) is 40.8 Å². The van der Waals surface area contributed by atoms with E-state index in [0.29, 0.717) is 5.70 Å². The van der Waals surface area contributed by atoms with Gasteiger partial charge in [-0.25, -0.2) is 4.39 Å². The summed E-state index contributed by atoms with van der Waals surface area (Å²) in [4.78, 5) is 4.43. The molecule has 2 aromatic carbocycles. The summed E-state index contributed by atoms with van der Waals surface area (Å²) in [6.45, 7) is 5.87. The molecule has 2 N–H and O–H groups in total. The summed E-state index contributed by atoms with van der Waals surface area (Å²) in [7, 11) is 0. The molecule has 2 aromatic rings. The maximum absolute atomic E-state index is 14.1. The fourth-order valence-electron chi connectivity index (χ4n) is 2.36. The van der Waals surface area contributed by atoms with Gasteiger partial charge in [0.2, 0.25) is 0 Å². The summed E-state index contributed by atoms with van der Waals surface area (Å²) >= 11 is 0. The van der Waals surface area contributed by atoms with Crippen molar-refractivity contribution in [2.45, 2.75) is 33.6 Å². The molecular formula is C20H23FN2. The van der Waals surface area contributed by atoms with Crippen molar-refractivity contribution >= 4 is 11.9 Å². The van der Waals surface area contributed by atoms with E-state index in [9.17, 15) is 4.39 Å². The Morgan fingerprint density at radius 2 is 1.87 bits per heavy atom. The second kappa shape index (κ2) is 7.73. The fourth-order valence-corrected chi connectivity index (χ4v) is 2.36. The summed E-state index contributed by atoms with van der Waals surface area (Å²) in [6.07, 6.45) is 5.14. The van der Waals surface area contributed by atoms with Crippen molar-refractivity contribution in [2.24, 2.45) is 10.7 Å². The zero-order valence-electron chi connectivity index (χ0n) is 13.9. The van der Waals surface area contributed by atoms with Crippen molar-refractivity contribution < 1.29 is 4.39 Å². The highest BCUT2D eigenvalue weighted by atomic mass is 19.1. The lowest BCUT2D eigenvalue weighted by Crippen LogP contribution is -1.91. The molecule has 23 heavy (non-hydrogen) atoms. The second-order valence-electron chi connectivity index (χ2n) is 5.75. The fraction of sp³-hybridized carbons (Fsp3) is 0.250. The van der Waals surface area contributed by atoms with Crippen LogP contribution in [0.3, 0.4) is 0 Å². The Balaban J connectivity index is 2.35. The van der Waals surface area contributed by atoms with E-state index < -0.39 is 0 Å². The lowest BCUT2D eigenvalue weighted by molar-refractivity contribution is 0.608.